The summed E-state index contributed by atoms with van der Waals surface area (Å²) in [5.41, 5.74) is 5.05. The van der Waals surface area contributed by atoms with Gasteiger partial charge in [0.05, 0.1) is 13.7 Å². The van der Waals surface area contributed by atoms with Crippen LogP contribution in [0.5, 0.6) is 11.5 Å². The molecule has 178 valence electrons. The molecule has 5 heteroatoms. The number of methoxy groups -OCH3 is 2. The van der Waals surface area contributed by atoms with Gasteiger partial charge in [-0.05, 0) is 59.7 Å². The van der Waals surface area contributed by atoms with E-state index < -0.39 is 0 Å². The van der Waals surface area contributed by atoms with Crippen molar-refractivity contribution in [1.29, 1.82) is 0 Å². The fourth-order valence-electron chi connectivity index (χ4n) is 5.47. The average Bonchev–Trinajstić information content (AvgIpc) is 3.67. The summed E-state index contributed by atoms with van der Waals surface area (Å²) < 4.78 is 17.5. The minimum atomic E-state index is 0.00649. The monoisotopic (exact) mass is 477 g/mol. The molecule has 3 aromatic carbocycles. The molecule has 1 aliphatic carbocycles. The largest absolute Gasteiger partial charge is 0.493 e. The third kappa shape index (κ3) is 4.43. The van der Waals surface area contributed by atoms with Crippen LogP contribution in [-0.4, -0.2) is 38.8 Å². The molecule has 0 saturated heterocycles. The average molecular weight is 478 g/mol. The number of ether oxygens (including phenoxy) is 3. The summed E-state index contributed by atoms with van der Waals surface area (Å²) in [5, 5.41) is 0.855. The highest BCUT2D eigenvalue weighted by Crippen LogP contribution is 2.61. The van der Waals surface area contributed by atoms with Crippen LogP contribution in [0.1, 0.15) is 41.1 Å². The first-order valence-electron chi connectivity index (χ1n) is 12.0. The zero-order chi connectivity index (χ0) is 23.5. The van der Waals surface area contributed by atoms with Crippen molar-refractivity contribution in [3.8, 4) is 11.5 Å². The Morgan fingerprint density at radius 2 is 1.74 bits per heavy atom. The summed E-state index contributed by atoms with van der Waals surface area (Å²) in [5.74, 6) is 1.58. The number of benzene rings is 3. The lowest BCUT2D eigenvalue weighted by atomic mass is 9.78. The lowest BCUT2D eigenvalue weighted by Gasteiger charge is -2.43. The number of hydrogen-bond acceptors (Lipinski definition) is 4. The lowest BCUT2D eigenvalue weighted by Crippen LogP contribution is -2.43. The molecule has 1 saturated carbocycles. The third-order valence-corrected chi connectivity index (χ3v) is 7.63. The Bertz CT molecular complexity index is 1130. The van der Waals surface area contributed by atoms with Crippen LogP contribution in [0, 0.1) is 0 Å². The molecule has 1 atom stereocenters. The molecule has 0 bridgehead atoms. The first kappa shape index (κ1) is 23.2. The van der Waals surface area contributed by atoms with E-state index in [1.54, 1.807) is 14.2 Å². The van der Waals surface area contributed by atoms with Gasteiger partial charge < -0.3 is 14.2 Å². The predicted octanol–water partition coefficient (Wildman–Crippen LogP) is 6.21. The summed E-state index contributed by atoms with van der Waals surface area (Å²) in [6.07, 6.45) is 3.22. The van der Waals surface area contributed by atoms with Gasteiger partial charge >= 0.3 is 0 Å². The van der Waals surface area contributed by atoms with Gasteiger partial charge in [-0.15, -0.1) is 0 Å². The van der Waals surface area contributed by atoms with E-state index in [1.807, 2.05) is 30.3 Å². The van der Waals surface area contributed by atoms with Crippen LogP contribution in [0.4, 0.5) is 0 Å². The quantitative estimate of drug-likeness (QED) is 0.367. The SMILES string of the molecule is COCCN1CCc2cc(OC)c(OCc3ccccc3)cc2C1C1(c2ccccc2Cl)CC1. The third-order valence-electron chi connectivity index (χ3n) is 7.30. The van der Waals surface area contributed by atoms with Crippen LogP contribution < -0.4 is 9.47 Å². The maximum Gasteiger partial charge on any atom is 0.162 e. The molecular formula is C29H32ClNO3. The molecule has 4 nitrogen and oxygen atoms in total. The van der Waals surface area contributed by atoms with Crippen LogP contribution in [0.25, 0.3) is 0 Å². The second-order valence-corrected chi connectivity index (χ2v) is 9.70. The number of halogens is 1. The van der Waals surface area contributed by atoms with Gasteiger partial charge in [-0.1, -0.05) is 60.1 Å². The molecule has 1 aliphatic heterocycles. The number of fused-ring (bicyclic) bond motifs is 1. The first-order valence-corrected chi connectivity index (χ1v) is 12.4. The van der Waals surface area contributed by atoms with E-state index in [-0.39, 0.29) is 11.5 Å². The Balaban J connectivity index is 1.55. The van der Waals surface area contributed by atoms with E-state index >= 15 is 0 Å². The highest BCUT2D eigenvalue weighted by Gasteiger charge is 2.55. The normalized spacial score (nSPS) is 18.9. The summed E-state index contributed by atoms with van der Waals surface area (Å²) in [6, 6.07) is 23.2. The molecule has 0 spiro atoms. The molecule has 1 fully saturated rings. The highest BCUT2D eigenvalue weighted by molar-refractivity contribution is 6.31. The van der Waals surface area contributed by atoms with E-state index in [0.717, 1.165) is 54.4 Å². The zero-order valence-electron chi connectivity index (χ0n) is 19.9. The maximum absolute atomic E-state index is 6.76. The van der Waals surface area contributed by atoms with Crippen molar-refractivity contribution in [1.82, 2.24) is 4.90 Å². The number of hydrogen-bond donors (Lipinski definition) is 0. The molecule has 0 aromatic heterocycles. The van der Waals surface area contributed by atoms with Crippen LogP contribution in [0.15, 0.2) is 66.7 Å². The molecule has 1 heterocycles. The van der Waals surface area contributed by atoms with Gasteiger partial charge in [0.15, 0.2) is 11.5 Å². The van der Waals surface area contributed by atoms with Crippen molar-refractivity contribution >= 4 is 11.6 Å². The van der Waals surface area contributed by atoms with Gasteiger partial charge in [0.1, 0.15) is 6.61 Å². The van der Waals surface area contributed by atoms with E-state index in [1.165, 1.54) is 16.7 Å². The zero-order valence-corrected chi connectivity index (χ0v) is 20.7. The fourth-order valence-corrected chi connectivity index (χ4v) is 5.80. The van der Waals surface area contributed by atoms with Gasteiger partial charge in [0.2, 0.25) is 0 Å². The topological polar surface area (TPSA) is 30.9 Å². The summed E-state index contributed by atoms with van der Waals surface area (Å²) in [7, 11) is 3.49. The number of rotatable bonds is 9. The molecular weight excluding hydrogens is 446 g/mol. The Morgan fingerprint density at radius 3 is 2.44 bits per heavy atom. The van der Waals surface area contributed by atoms with Gasteiger partial charge in [0, 0.05) is 36.7 Å². The standard InChI is InChI=1S/C29H32ClNO3/c1-32-17-16-31-15-12-22-18-26(33-2)27(34-20-21-8-4-3-5-9-21)19-23(22)28(31)29(13-14-29)24-10-6-7-11-25(24)30/h3-11,18-19,28H,12-17,20H2,1-2H3. The molecule has 5 rings (SSSR count). The predicted molar refractivity (Wildman–Crippen MR) is 136 cm³/mol. The Kier molecular flexibility index (Phi) is 6.82. The second kappa shape index (κ2) is 9.99. The summed E-state index contributed by atoms with van der Waals surface area (Å²) >= 11 is 6.76. The minimum absolute atomic E-state index is 0.00649. The number of nitrogens with zero attached hydrogens (tertiary/aromatic N) is 1. The van der Waals surface area contributed by atoms with Crippen molar-refractivity contribution in [2.24, 2.45) is 0 Å². The molecule has 34 heavy (non-hydrogen) atoms. The van der Waals surface area contributed by atoms with Gasteiger partial charge in [-0.2, -0.15) is 0 Å². The van der Waals surface area contributed by atoms with Crippen molar-refractivity contribution < 1.29 is 14.2 Å². The lowest BCUT2D eigenvalue weighted by molar-refractivity contribution is 0.0958. The second-order valence-electron chi connectivity index (χ2n) is 9.29. The molecule has 2 aliphatic rings. The smallest absolute Gasteiger partial charge is 0.162 e. The van der Waals surface area contributed by atoms with Gasteiger partial charge in [0.25, 0.3) is 0 Å². The van der Waals surface area contributed by atoms with E-state index in [9.17, 15) is 0 Å². The summed E-state index contributed by atoms with van der Waals surface area (Å²) in [6.45, 7) is 3.08. The van der Waals surface area contributed by atoms with Gasteiger partial charge in [-0.3, -0.25) is 4.90 Å². The van der Waals surface area contributed by atoms with E-state index in [2.05, 4.69) is 41.3 Å². The minimum Gasteiger partial charge on any atom is -0.493 e. The van der Waals surface area contributed by atoms with Gasteiger partial charge in [-0.25, -0.2) is 0 Å². The van der Waals surface area contributed by atoms with E-state index in [0.29, 0.717) is 13.2 Å². The van der Waals surface area contributed by atoms with Crippen LogP contribution in [-0.2, 0) is 23.2 Å². The Morgan fingerprint density at radius 1 is 0.971 bits per heavy atom. The van der Waals surface area contributed by atoms with Crippen molar-refractivity contribution in [2.45, 2.75) is 37.3 Å². The van der Waals surface area contributed by atoms with E-state index in [4.69, 9.17) is 25.8 Å². The maximum atomic E-state index is 6.76. The Labute approximate surface area is 207 Å². The van der Waals surface area contributed by atoms with Crippen LogP contribution >= 0.6 is 11.6 Å². The first-order chi connectivity index (χ1) is 16.7. The molecule has 0 amide bonds. The van der Waals surface area contributed by atoms with Crippen molar-refractivity contribution in [3.05, 3.63) is 94.0 Å². The van der Waals surface area contributed by atoms with Crippen molar-refractivity contribution in [3.63, 3.8) is 0 Å². The van der Waals surface area contributed by atoms with Crippen LogP contribution in [0.2, 0.25) is 5.02 Å². The summed E-state index contributed by atoms with van der Waals surface area (Å²) in [4.78, 5) is 2.58. The fraction of sp³-hybridized carbons (Fsp3) is 0.379. The van der Waals surface area contributed by atoms with Crippen molar-refractivity contribution in [2.75, 3.05) is 33.9 Å². The molecule has 3 aromatic rings. The highest BCUT2D eigenvalue weighted by atomic mass is 35.5. The Hall–Kier alpha value is -2.53. The molecule has 1 unspecified atom stereocenters. The molecule has 0 N–H and O–H groups in total. The molecule has 0 radical (unpaired) electrons. The van der Waals surface area contributed by atoms with Crippen LogP contribution in [0.3, 0.4) is 0 Å².